The molecular weight excluding hydrogens is 424 g/mol. The predicted octanol–water partition coefficient (Wildman–Crippen LogP) is 5.59. The Morgan fingerprint density at radius 2 is 1.86 bits per heavy atom. The first kappa shape index (κ1) is 21.7. The van der Waals surface area contributed by atoms with E-state index in [4.69, 9.17) is 11.6 Å². The van der Waals surface area contributed by atoms with Gasteiger partial charge in [-0.1, -0.05) is 47.1 Å². The average molecular weight is 447 g/mol. The summed E-state index contributed by atoms with van der Waals surface area (Å²) in [6, 6.07) is 13.9. The van der Waals surface area contributed by atoms with Crippen molar-refractivity contribution in [3.8, 4) is 0 Å². The molecule has 0 atom stereocenters. The standard InChI is InChI=1S/C21H23ClN4OS2/c1-4-26-19(12-28-17-9-5-14(2)6-10-17)24-25-21(26)29-13-20(27)23-16-8-7-15(3)18(22)11-16/h5-11H,4,12-13H2,1-3H3,(H,23,27). The van der Waals surface area contributed by atoms with Crippen LogP contribution < -0.4 is 5.32 Å². The SMILES string of the molecule is CCn1c(CSc2ccc(C)cc2)nnc1SCC(=O)Nc1ccc(C)c(Cl)c1. The van der Waals surface area contributed by atoms with E-state index in [9.17, 15) is 4.79 Å². The highest BCUT2D eigenvalue weighted by molar-refractivity contribution is 7.99. The fourth-order valence-electron chi connectivity index (χ4n) is 2.63. The number of benzene rings is 2. The molecule has 0 saturated heterocycles. The highest BCUT2D eigenvalue weighted by Gasteiger charge is 2.14. The van der Waals surface area contributed by atoms with Crippen LogP contribution >= 0.6 is 35.1 Å². The molecule has 0 radical (unpaired) electrons. The van der Waals surface area contributed by atoms with E-state index < -0.39 is 0 Å². The lowest BCUT2D eigenvalue weighted by Crippen LogP contribution is -2.14. The van der Waals surface area contributed by atoms with Crippen molar-refractivity contribution >= 4 is 46.7 Å². The number of aryl methyl sites for hydroxylation is 2. The maximum atomic E-state index is 12.3. The van der Waals surface area contributed by atoms with E-state index in [2.05, 4.69) is 58.2 Å². The van der Waals surface area contributed by atoms with Crippen LogP contribution in [0.5, 0.6) is 0 Å². The molecule has 0 aliphatic rings. The number of carbonyl (C=O) groups is 1. The molecule has 0 aliphatic heterocycles. The molecule has 0 bridgehead atoms. The van der Waals surface area contributed by atoms with Gasteiger partial charge in [-0.3, -0.25) is 4.79 Å². The number of nitrogens with one attached hydrogen (secondary N) is 1. The van der Waals surface area contributed by atoms with E-state index in [1.807, 2.05) is 19.1 Å². The van der Waals surface area contributed by atoms with Crippen molar-refractivity contribution < 1.29 is 4.79 Å². The number of halogens is 1. The van der Waals surface area contributed by atoms with Crippen molar-refractivity contribution in [2.45, 2.75) is 43.1 Å². The average Bonchev–Trinajstić information content (AvgIpc) is 3.10. The van der Waals surface area contributed by atoms with Crippen LogP contribution in [0.25, 0.3) is 0 Å². The van der Waals surface area contributed by atoms with Crippen molar-refractivity contribution in [1.82, 2.24) is 14.8 Å². The van der Waals surface area contributed by atoms with Gasteiger partial charge in [0.05, 0.1) is 11.5 Å². The summed E-state index contributed by atoms with van der Waals surface area (Å²) in [4.78, 5) is 13.5. The summed E-state index contributed by atoms with van der Waals surface area (Å²) < 4.78 is 2.06. The Bertz CT molecular complexity index is 989. The first-order valence-corrected chi connectivity index (χ1v) is 11.6. The van der Waals surface area contributed by atoms with Crippen LogP contribution in [0.3, 0.4) is 0 Å². The number of thioether (sulfide) groups is 2. The quantitative estimate of drug-likeness (QED) is 0.457. The van der Waals surface area contributed by atoms with Gasteiger partial charge in [0, 0.05) is 22.2 Å². The highest BCUT2D eigenvalue weighted by Crippen LogP contribution is 2.25. The summed E-state index contributed by atoms with van der Waals surface area (Å²) in [5, 5.41) is 12.9. The maximum Gasteiger partial charge on any atom is 0.234 e. The zero-order valence-electron chi connectivity index (χ0n) is 16.6. The van der Waals surface area contributed by atoms with Crippen molar-refractivity contribution in [2.75, 3.05) is 11.1 Å². The third-order valence-corrected chi connectivity index (χ3v) is 6.67. The van der Waals surface area contributed by atoms with Gasteiger partial charge in [-0.25, -0.2) is 0 Å². The molecule has 1 heterocycles. The van der Waals surface area contributed by atoms with Gasteiger partial charge in [0.1, 0.15) is 5.82 Å². The number of amides is 1. The van der Waals surface area contributed by atoms with Gasteiger partial charge in [0.25, 0.3) is 0 Å². The second-order valence-corrected chi connectivity index (χ2v) is 8.94. The Morgan fingerprint density at radius 3 is 2.55 bits per heavy atom. The van der Waals surface area contributed by atoms with Crippen LogP contribution in [0.2, 0.25) is 5.02 Å². The molecule has 1 N–H and O–H groups in total. The van der Waals surface area contributed by atoms with E-state index in [1.165, 1.54) is 22.2 Å². The Morgan fingerprint density at radius 1 is 1.10 bits per heavy atom. The normalized spacial score (nSPS) is 10.9. The van der Waals surface area contributed by atoms with E-state index in [0.29, 0.717) is 10.7 Å². The summed E-state index contributed by atoms with van der Waals surface area (Å²) in [5.41, 5.74) is 2.92. The lowest BCUT2D eigenvalue weighted by molar-refractivity contribution is -0.113. The predicted molar refractivity (Wildman–Crippen MR) is 122 cm³/mol. The molecule has 152 valence electrons. The number of aromatic nitrogens is 3. The van der Waals surface area contributed by atoms with Crippen LogP contribution in [0, 0.1) is 13.8 Å². The molecule has 1 amide bonds. The molecule has 8 heteroatoms. The number of carbonyl (C=O) groups excluding carboxylic acids is 1. The van der Waals surface area contributed by atoms with E-state index in [1.54, 1.807) is 17.8 Å². The lowest BCUT2D eigenvalue weighted by atomic mass is 10.2. The number of nitrogens with zero attached hydrogens (tertiary/aromatic N) is 3. The molecule has 1 aromatic heterocycles. The molecule has 3 rings (SSSR count). The molecule has 3 aromatic rings. The van der Waals surface area contributed by atoms with Crippen LogP contribution in [0.15, 0.2) is 52.5 Å². The largest absolute Gasteiger partial charge is 0.325 e. The number of rotatable bonds is 8. The van der Waals surface area contributed by atoms with Crippen LogP contribution in [0.1, 0.15) is 23.9 Å². The summed E-state index contributed by atoms with van der Waals surface area (Å²) in [7, 11) is 0. The summed E-state index contributed by atoms with van der Waals surface area (Å²) in [5.74, 6) is 1.80. The van der Waals surface area contributed by atoms with E-state index in [0.717, 1.165) is 28.8 Å². The van der Waals surface area contributed by atoms with Gasteiger partial charge < -0.3 is 9.88 Å². The molecule has 0 aliphatic carbocycles. The zero-order chi connectivity index (χ0) is 20.8. The minimum absolute atomic E-state index is 0.101. The number of anilines is 1. The maximum absolute atomic E-state index is 12.3. The number of hydrogen-bond acceptors (Lipinski definition) is 5. The smallest absolute Gasteiger partial charge is 0.234 e. The van der Waals surface area contributed by atoms with Crippen LogP contribution in [0.4, 0.5) is 5.69 Å². The van der Waals surface area contributed by atoms with Gasteiger partial charge in [-0.05, 0) is 50.6 Å². The van der Waals surface area contributed by atoms with Gasteiger partial charge in [0.15, 0.2) is 5.16 Å². The molecule has 0 saturated carbocycles. The molecule has 2 aromatic carbocycles. The first-order chi connectivity index (χ1) is 14.0. The Kier molecular flexibility index (Phi) is 7.64. The Labute approximate surface area is 184 Å². The van der Waals surface area contributed by atoms with Crippen LogP contribution in [-0.2, 0) is 17.1 Å². The molecule has 0 unspecified atom stereocenters. The molecular formula is C21H23ClN4OS2. The van der Waals surface area contributed by atoms with Crippen molar-refractivity contribution in [1.29, 1.82) is 0 Å². The van der Waals surface area contributed by atoms with E-state index in [-0.39, 0.29) is 11.7 Å². The highest BCUT2D eigenvalue weighted by atomic mass is 35.5. The van der Waals surface area contributed by atoms with Crippen molar-refractivity contribution in [2.24, 2.45) is 0 Å². The molecule has 29 heavy (non-hydrogen) atoms. The second kappa shape index (κ2) is 10.2. The molecule has 5 nitrogen and oxygen atoms in total. The first-order valence-electron chi connectivity index (χ1n) is 9.26. The Hall–Kier alpha value is -1.96. The Balaban J connectivity index is 1.57. The van der Waals surface area contributed by atoms with Gasteiger partial charge in [-0.2, -0.15) is 0 Å². The minimum atomic E-state index is -0.101. The summed E-state index contributed by atoms with van der Waals surface area (Å²) in [6.07, 6.45) is 0. The summed E-state index contributed by atoms with van der Waals surface area (Å²) >= 11 is 9.23. The fourth-order valence-corrected chi connectivity index (χ4v) is 4.47. The summed E-state index contributed by atoms with van der Waals surface area (Å²) in [6.45, 7) is 6.82. The lowest BCUT2D eigenvalue weighted by Gasteiger charge is -2.08. The molecule has 0 fully saturated rings. The third-order valence-electron chi connectivity index (χ3n) is 4.29. The fraction of sp³-hybridized carbons (Fsp3) is 0.286. The monoisotopic (exact) mass is 446 g/mol. The van der Waals surface area contributed by atoms with Crippen LogP contribution in [-0.4, -0.2) is 26.4 Å². The van der Waals surface area contributed by atoms with Crippen molar-refractivity contribution in [3.05, 3.63) is 64.4 Å². The minimum Gasteiger partial charge on any atom is -0.325 e. The topological polar surface area (TPSA) is 59.8 Å². The van der Waals surface area contributed by atoms with E-state index >= 15 is 0 Å². The third kappa shape index (κ3) is 6.01. The van der Waals surface area contributed by atoms with Gasteiger partial charge >= 0.3 is 0 Å². The van der Waals surface area contributed by atoms with Gasteiger partial charge in [0.2, 0.25) is 5.91 Å². The second-order valence-electron chi connectivity index (χ2n) is 6.55. The molecule has 0 spiro atoms. The van der Waals surface area contributed by atoms with Crippen molar-refractivity contribution in [3.63, 3.8) is 0 Å². The number of hydrogen-bond donors (Lipinski definition) is 1. The zero-order valence-corrected chi connectivity index (χ0v) is 19.0. The van der Waals surface area contributed by atoms with Gasteiger partial charge in [-0.15, -0.1) is 22.0 Å².